The lowest BCUT2D eigenvalue weighted by molar-refractivity contribution is -0.137. The summed E-state index contributed by atoms with van der Waals surface area (Å²) < 4.78 is 16.2. The lowest BCUT2D eigenvalue weighted by Gasteiger charge is -2.27. The predicted molar refractivity (Wildman–Crippen MR) is 81.4 cm³/mol. The van der Waals surface area contributed by atoms with Gasteiger partial charge in [-0.05, 0) is 24.6 Å². The highest BCUT2D eigenvalue weighted by molar-refractivity contribution is 6.32. The smallest absolute Gasteiger partial charge is 0.260 e. The molecule has 1 aromatic rings. The maximum absolute atomic E-state index is 12.1. The van der Waals surface area contributed by atoms with Crippen molar-refractivity contribution in [1.82, 2.24) is 4.90 Å². The fraction of sp³-hybridized carbons (Fsp3) is 0.533. The van der Waals surface area contributed by atoms with Gasteiger partial charge in [-0.3, -0.25) is 4.79 Å². The predicted octanol–water partition coefficient (Wildman–Crippen LogP) is 1.47. The summed E-state index contributed by atoms with van der Waals surface area (Å²) in [6.45, 7) is 4.23. The van der Waals surface area contributed by atoms with Crippen molar-refractivity contribution in [2.24, 2.45) is 0 Å². The molecule has 1 fully saturated rings. The molecule has 0 radical (unpaired) electrons. The van der Waals surface area contributed by atoms with Gasteiger partial charge in [0.25, 0.3) is 5.91 Å². The van der Waals surface area contributed by atoms with Crippen LogP contribution in [0.3, 0.4) is 0 Å². The zero-order chi connectivity index (χ0) is 15.9. The highest BCUT2D eigenvalue weighted by atomic mass is 35.5. The van der Waals surface area contributed by atoms with E-state index in [9.17, 15) is 9.90 Å². The van der Waals surface area contributed by atoms with Crippen molar-refractivity contribution >= 4 is 17.5 Å². The summed E-state index contributed by atoms with van der Waals surface area (Å²) in [6.07, 6.45) is 0. The second-order valence-corrected chi connectivity index (χ2v) is 5.19. The number of hydrogen-bond donors (Lipinski definition) is 1. The van der Waals surface area contributed by atoms with Crippen molar-refractivity contribution in [2.45, 2.75) is 13.5 Å². The van der Waals surface area contributed by atoms with E-state index in [0.29, 0.717) is 55.0 Å². The van der Waals surface area contributed by atoms with E-state index < -0.39 is 0 Å². The number of aliphatic hydroxyl groups excluding tert-OH is 1. The molecule has 1 saturated heterocycles. The van der Waals surface area contributed by atoms with Crippen LogP contribution in [-0.2, 0) is 16.1 Å². The molecule has 22 heavy (non-hydrogen) atoms. The maximum Gasteiger partial charge on any atom is 0.260 e. The normalized spacial score (nSPS) is 14.8. The van der Waals surface area contributed by atoms with Crippen LogP contribution in [0.15, 0.2) is 12.1 Å². The lowest BCUT2D eigenvalue weighted by Crippen LogP contribution is -2.43. The molecule has 0 saturated carbocycles. The molecule has 0 spiro atoms. The third-order valence-electron chi connectivity index (χ3n) is 3.26. The minimum absolute atomic E-state index is 0.113. The topological polar surface area (TPSA) is 68.2 Å². The summed E-state index contributed by atoms with van der Waals surface area (Å²) >= 11 is 6.16. The molecule has 0 aromatic heterocycles. The first-order valence-corrected chi connectivity index (χ1v) is 7.58. The van der Waals surface area contributed by atoms with Crippen LogP contribution in [0.25, 0.3) is 0 Å². The van der Waals surface area contributed by atoms with E-state index in [1.807, 2.05) is 6.92 Å². The first kappa shape index (κ1) is 16.9. The first-order chi connectivity index (χ1) is 10.7. The number of benzene rings is 1. The van der Waals surface area contributed by atoms with Gasteiger partial charge in [0.2, 0.25) is 0 Å². The zero-order valence-electron chi connectivity index (χ0n) is 12.5. The van der Waals surface area contributed by atoms with E-state index >= 15 is 0 Å². The number of nitrogens with zero attached hydrogens (tertiary/aromatic N) is 1. The molecule has 0 atom stereocenters. The van der Waals surface area contributed by atoms with Crippen molar-refractivity contribution in [2.75, 3.05) is 39.5 Å². The Hall–Kier alpha value is -1.50. The summed E-state index contributed by atoms with van der Waals surface area (Å²) in [6, 6.07) is 3.25. The number of carbonyl (C=O) groups is 1. The van der Waals surface area contributed by atoms with Gasteiger partial charge in [0.05, 0.1) is 31.5 Å². The Kier molecular flexibility index (Phi) is 6.30. The van der Waals surface area contributed by atoms with Crippen molar-refractivity contribution in [3.63, 3.8) is 0 Å². The highest BCUT2D eigenvalue weighted by Gasteiger charge is 2.19. The molecule has 0 unspecified atom stereocenters. The quantitative estimate of drug-likeness (QED) is 0.856. The molecular formula is C15H20ClNO5. The molecule has 6 nitrogen and oxygen atoms in total. The SMILES string of the molecule is CCOc1cc(CO)cc(Cl)c1OCC(=O)N1CCOCC1. The number of morpholine rings is 1. The van der Waals surface area contributed by atoms with Crippen LogP contribution >= 0.6 is 11.6 Å². The van der Waals surface area contributed by atoms with Crippen molar-refractivity contribution in [1.29, 1.82) is 0 Å². The molecule has 1 aliphatic rings. The molecule has 122 valence electrons. The molecule has 1 N–H and O–H groups in total. The van der Waals surface area contributed by atoms with Crippen LogP contribution in [0, 0.1) is 0 Å². The minimum Gasteiger partial charge on any atom is -0.490 e. The number of aliphatic hydroxyl groups is 1. The van der Waals surface area contributed by atoms with Crippen molar-refractivity contribution in [3.8, 4) is 11.5 Å². The standard InChI is InChI=1S/C15H20ClNO5/c1-2-21-13-8-11(9-18)7-12(16)15(13)22-10-14(19)17-3-5-20-6-4-17/h7-8,18H,2-6,9-10H2,1H3. The highest BCUT2D eigenvalue weighted by Crippen LogP contribution is 2.36. The van der Waals surface area contributed by atoms with Gasteiger partial charge in [0, 0.05) is 13.1 Å². The fourth-order valence-electron chi connectivity index (χ4n) is 2.15. The van der Waals surface area contributed by atoms with Gasteiger partial charge in [-0.2, -0.15) is 0 Å². The minimum atomic E-state index is -0.146. The first-order valence-electron chi connectivity index (χ1n) is 7.20. The summed E-state index contributed by atoms with van der Waals surface area (Å²) in [5.41, 5.74) is 0.625. The van der Waals surface area contributed by atoms with Gasteiger partial charge in [0.15, 0.2) is 18.1 Å². The Morgan fingerprint density at radius 3 is 2.73 bits per heavy atom. The zero-order valence-corrected chi connectivity index (χ0v) is 13.3. The average molecular weight is 330 g/mol. The third kappa shape index (κ3) is 4.25. The van der Waals surface area contributed by atoms with Gasteiger partial charge < -0.3 is 24.2 Å². The maximum atomic E-state index is 12.1. The van der Waals surface area contributed by atoms with Gasteiger partial charge in [-0.15, -0.1) is 0 Å². The van der Waals surface area contributed by atoms with E-state index in [1.54, 1.807) is 17.0 Å². The molecule has 1 aromatic carbocycles. The number of halogens is 1. The average Bonchev–Trinajstić information content (AvgIpc) is 2.54. The van der Waals surface area contributed by atoms with Crippen LogP contribution in [0.2, 0.25) is 5.02 Å². The Balaban J connectivity index is 2.06. The van der Waals surface area contributed by atoms with E-state index in [4.69, 9.17) is 25.8 Å². The molecule has 1 heterocycles. The van der Waals surface area contributed by atoms with Gasteiger partial charge >= 0.3 is 0 Å². The molecule has 0 aliphatic carbocycles. The van der Waals surface area contributed by atoms with E-state index in [0.717, 1.165) is 0 Å². The van der Waals surface area contributed by atoms with Gasteiger partial charge in [0.1, 0.15) is 0 Å². The molecule has 2 rings (SSSR count). The lowest BCUT2D eigenvalue weighted by atomic mass is 10.2. The summed E-state index contributed by atoms with van der Waals surface area (Å²) in [7, 11) is 0. The van der Waals surface area contributed by atoms with Crippen LogP contribution in [0.4, 0.5) is 0 Å². The van der Waals surface area contributed by atoms with E-state index in [1.165, 1.54) is 0 Å². The van der Waals surface area contributed by atoms with E-state index in [-0.39, 0.29) is 19.1 Å². The summed E-state index contributed by atoms with van der Waals surface area (Å²) in [4.78, 5) is 13.8. The molecular weight excluding hydrogens is 310 g/mol. The number of amides is 1. The van der Waals surface area contributed by atoms with Crippen molar-refractivity contribution < 1.29 is 24.1 Å². The summed E-state index contributed by atoms with van der Waals surface area (Å²) in [5.74, 6) is 0.629. The van der Waals surface area contributed by atoms with Crippen LogP contribution in [-0.4, -0.2) is 55.4 Å². The van der Waals surface area contributed by atoms with Crippen molar-refractivity contribution in [3.05, 3.63) is 22.7 Å². The van der Waals surface area contributed by atoms with E-state index in [2.05, 4.69) is 0 Å². The third-order valence-corrected chi connectivity index (χ3v) is 3.54. The largest absolute Gasteiger partial charge is 0.490 e. The Bertz CT molecular complexity index is 517. The Morgan fingerprint density at radius 1 is 1.36 bits per heavy atom. The molecule has 7 heteroatoms. The number of rotatable bonds is 6. The van der Waals surface area contributed by atoms with Crippen LogP contribution < -0.4 is 9.47 Å². The fourth-order valence-corrected chi connectivity index (χ4v) is 2.44. The second-order valence-electron chi connectivity index (χ2n) is 4.78. The summed E-state index contributed by atoms with van der Waals surface area (Å²) in [5, 5.41) is 9.52. The number of ether oxygens (including phenoxy) is 3. The monoisotopic (exact) mass is 329 g/mol. The van der Waals surface area contributed by atoms with Gasteiger partial charge in [-0.25, -0.2) is 0 Å². The Morgan fingerprint density at radius 2 is 2.09 bits per heavy atom. The number of hydrogen-bond acceptors (Lipinski definition) is 5. The van der Waals surface area contributed by atoms with Crippen LogP contribution in [0.5, 0.6) is 11.5 Å². The molecule has 0 bridgehead atoms. The second kappa shape index (κ2) is 8.22. The van der Waals surface area contributed by atoms with Gasteiger partial charge in [-0.1, -0.05) is 11.6 Å². The molecule has 1 aliphatic heterocycles. The number of carbonyl (C=O) groups excluding carboxylic acids is 1. The Labute approximate surface area is 134 Å². The molecule has 1 amide bonds. The van der Waals surface area contributed by atoms with Crippen LogP contribution in [0.1, 0.15) is 12.5 Å².